The molecule has 2 aliphatic rings. The molecule has 8 nitrogen and oxygen atoms in total. The van der Waals surface area contributed by atoms with Crippen LogP contribution in [0.5, 0.6) is 5.75 Å². The number of ether oxygens (including phenoxy) is 1. The highest BCUT2D eigenvalue weighted by atomic mass is 35.5. The van der Waals surface area contributed by atoms with Crippen LogP contribution in [0.3, 0.4) is 0 Å². The summed E-state index contributed by atoms with van der Waals surface area (Å²) in [6, 6.07) is 6.54. The van der Waals surface area contributed by atoms with Gasteiger partial charge in [-0.1, -0.05) is 17.7 Å². The van der Waals surface area contributed by atoms with Crippen molar-refractivity contribution in [1.82, 2.24) is 9.29 Å². The van der Waals surface area contributed by atoms with Crippen LogP contribution >= 0.6 is 11.6 Å². The quantitative estimate of drug-likeness (QED) is 0.641. The zero-order valence-electron chi connectivity index (χ0n) is 18.2. The van der Waals surface area contributed by atoms with Gasteiger partial charge in [0.2, 0.25) is 0 Å². The van der Waals surface area contributed by atoms with Crippen LogP contribution in [0.15, 0.2) is 36.7 Å². The summed E-state index contributed by atoms with van der Waals surface area (Å²) in [4.78, 5) is 18.8. The average Bonchev–Trinajstić information content (AvgIpc) is 3.35. The van der Waals surface area contributed by atoms with Crippen LogP contribution in [0.2, 0.25) is 5.02 Å². The number of hydrogen-bond acceptors (Lipinski definition) is 6. The highest BCUT2D eigenvalue weighted by Gasteiger charge is 2.38. The largest absolute Gasteiger partial charge is 0.443 e. The van der Waals surface area contributed by atoms with E-state index in [2.05, 4.69) is 4.98 Å². The smallest absolute Gasteiger partial charge is 0.415 e. The maximum Gasteiger partial charge on any atom is 0.415 e. The van der Waals surface area contributed by atoms with Crippen LogP contribution in [-0.4, -0.2) is 42.5 Å². The van der Waals surface area contributed by atoms with E-state index in [0.29, 0.717) is 35.8 Å². The zero-order valence-corrected chi connectivity index (χ0v) is 19.8. The van der Waals surface area contributed by atoms with Crippen molar-refractivity contribution in [3.63, 3.8) is 0 Å². The first-order chi connectivity index (χ1) is 15.0. The fraction of sp³-hybridized carbons (Fsp3) is 0.455. The van der Waals surface area contributed by atoms with E-state index in [0.717, 1.165) is 18.4 Å². The maximum atomic E-state index is 13.1. The molecule has 32 heavy (non-hydrogen) atoms. The molecule has 1 atom stereocenters. The molecule has 1 aromatic carbocycles. The Balaban J connectivity index is 1.65. The minimum Gasteiger partial charge on any atom is -0.443 e. The Morgan fingerprint density at radius 2 is 1.88 bits per heavy atom. The lowest BCUT2D eigenvalue weighted by molar-refractivity contribution is 0.0569. The zero-order chi connectivity index (χ0) is 23.1. The molecule has 0 aliphatic carbocycles. The SMILES string of the molecule is CC(C)(C)OC(=O)N1c2cc(Cl)ccc2CC1c1cncc(OS(=O)(=O)N2CCCC2)c1. The Bertz CT molecular complexity index is 1130. The number of amides is 1. The summed E-state index contributed by atoms with van der Waals surface area (Å²) >= 11 is 6.20. The maximum absolute atomic E-state index is 13.1. The third kappa shape index (κ3) is 4.84. The van der Waals surface area contributed by atoms with Crippen molar-refractivity contribution in [2.75, 3.05) is 18.0 Å². The number of carbonyl (C=O) groups excluding carboxylic acids is 1. The van der Waals surface area contributed by atoms with E-state index in [4.69, 9.17) is 20.5 Å². The van der Waals surface area contributed by atoms with Crippen molar-refractivity contribution in [3.05, 3.63) is 52.8 Å². The predicted molar refractivity (Wildman–Crippen MR) is 121 cm³/mol. The number of nitrogens with zero attached hydrogens (tertiary/aromatic N) is 3. The molecule has 1 amide bonds. The molecule has 0 N–H and O–H groups in total. The summed E-state index contributed by atoms with van der Waals surface area (Å²) in [5, 5.41) is 0.505. The van der Waals surface area contributed by atoms with Crippen LogP contribution < -0.4 is 9.08 Å². The second kappa shape index (κ2) is 8.53. The molecule has 2 aliphatic heterocycles. The van der Waals surface area contributed by atoms with Gasteiger partial charge in [0.25, 0.3) is 0 Å². The first kappa shape index (κ1) is 22.8. The summed E-state index contributed by atoms with van der Waals surface area (Å²) in [5.74, 6) is 0.104. The van der Waals surface area contributed by atoms with Gasteiger partial charge in [0.15, 0.2) is 5.75 Å². The summed E-state index contributed by atoms with van der Waals surface area (Å²) in [5.41, 5.74) is 1.54. The lowest BCUT2D eigenvalue weighted by Gasteiger charge is -2.29. The minimum atomic E-state index is -3.90. The van der Waals surface area contributed by atoms with Crippen LogP contribution in [0.1, 0.15) is 50.8 Å². The van der Waals surface area contributed by atoms with Crippen molar-refractivity contribution in [2.45, 2.75) is 51.7 Å². The number of aromatic nitrogens is 1. The highest BCUT2D eigenvalue weighted by molar-refractivity contribution is 7.84. The molecule has 0 bridgehead atoms. The van der Waals surface area contributed by atoms with Gasteiger partial charge in [-0.2, -0.15) is 12.7 Å². The fourth-order valence-corrected chi connectivity index (χ4v) is 5.27. The lowest BCUT2D eigenvalue weighted by Crippen LogP contribution is -2.37. The molecule has 4 rings (SSSR count). The number of benzene rings is 1. The number of rotatable bonds is 4. The Labute approximate surface area is 193 Å². The minimum absolute atomic E-state index is 0.104. The fourth-order valence-electron chi connectivity index (χ4n) is 3.95. The Morgan fingerprint density at radius 1 is 1.16 bits per heavy atom. The van der Waals surface area contributed by atoms with Gasteiger partial charge in [-0.25, -0.2) is 4.79 Å². The topological polar surface area (TPSA) is 89.0 Å². The van der Waals surface area contributed by atoms with Gasteiger partial charge in [-0.15, -0.1) is 0 Å². The van der Waals surface area contributed by atoms with E-state index >= 15 is 0 Å². The monoisotopic (exact) mass is 479 g/mol. The molecule has 0 spiro atoms. The Morgan fingerprint density at radius 3 is 2.56 bits per heavy atom. The normalized spacial score (nSPS) is 19.1. The van der Waals surface area contributed by atoms with Crippen molar-refractivity contribution in [1.29, 1.82) is 0 Å². The standard InChI is InChI=1S/C22H26ClN3O5S/c1-22(2,3)30-21(27)26-19(11-15-6-7-17(23)12-20(15)26)16-10-18(14-24-13-16)31-32(28,29)25-8-4-5-9-25/h6-7,10,12-14,19H,4-5,8-9,11H2,1-3H3. The molecule has 0 radical (unpaired) electrons. The molecular weight excluding hydrogens is 454 g/mol. The van der Waals surface area contributed by atoms with Crippen molar-refractivity contribution >= 4 is 33.7 Å². The molecule has 1 aromatic heterocycles. The van der Waals surface area contributed by atoms with E-state index in [1.54, 1.807) is 50.1 Å². The van der Waals surface area contributed by atoms with Crippen LogP contribution in [-0.2, 0) is 21.5 Å². The predicted octanol–water partition coefficient (Wildman–Crippen LogP) is 4.49. The van der Waals surface area contributed by atoms with Gasteiger partial charge in [0, 0.05) is 24.3 Å². The second-order valence-electron chi connectivity index (χ2n) is 8.94. The summed E-state index contributed by atoms with van der Waals surface area (Å²) in [6.45, 7) is 6.29. The van der Waals surface area contributed by atoms with E-state index in [1.807, 2.05) is 6.07 Å². The van der Waals surface area contributed by atoms with E-state index in [9.17, 15) is 13.2 Å². The number of pyridine rings is 1. The Hall–Kier alpha value is -2.36. The molecule has 1 saturated heterocycles. The molecule has 10 heteroatoms. The lowest BCUT2D eigenvalue weighted by atomic mass is 10.0. The van der Waals surface area contributed by atoms with Crippen molar-refractivity contribution in [2.24, 2.45) is 0 Å². The van der Waals surface area contributed by atoms with Crippen molar-refractivity contribution < 1.29 is 22.1 Å². The van der Waals surface area contributed by atoms with Gasteiger partial charge >= 0.3 is 16.4 Å². The van der Waals surface area contributed by atoms with Crippen molar-refractivity contribution in [3.8, 4) is 5.75 Å². The van der Waals surface area contributed by atoms with Gasteiger partial charge < -0.3 is 8.92 Å². The summed E-state index contributed by atoms with van der Waals surface area (Å²) < 4.78 is 37.4. The highest BCUT2D eigenvalue weighted by Crippen LogP contribution is 2.43. The molecule has 1 fully saturated rings. The average molecular weight is 480 g/mol. The number of halogens is 1. The molecule has 172 valence electrons. The van der Waals surface area contributed by atoms with Gasteiger partial charge in [0.05, 0.1) is 17.9 Å². The van der Waals surface area contributed by atoms with E-state index in [-0.39, 0.29) is 5.75 Å². The molecule has 2 aromatic rings. The van der Waals surface area contributed by atoms with Gasteiger partial charge in [-0.3, -0.25) is 9.88 Å². The van der Waals surface area contributed by atoms with E-state index < -0.39 is 28.0 Å². The molecule has 3 heterocycles. The van der Waals surface area contributed by atoms with Crippen LogP contribution in [0, 0.1) is 0 Å². The number of anilines is 1. The van der Waals surface area contributed by atoms with Gasteiger partial charge in [0.1, 0.15) is 5.60 Å². The molecule has 1 unspecified atom stereocenters. The summed E-state index contributed by atoms with van der Waals surface area (Å²) in [6.07, 6.45) is 4.58. The first-order valence-corrected chi connectivity index (χ1v) is 12.2. The van der Waals surface area contributed by atoms with E-state index in [1.165, 1.54) is 10.5 Å². The van der Waals surface area contributed by atoms with Gasteiger partial charge in [-0.05, 0) is 69.4 Å². The number of hydrogen-bond donors (Lipinski definition) is 0. The summed E-state index contributed by atoms with van der Waals surface area (Å²) in [7, 11) is -3.90. The number of fused-ring (bicyclic) bond motifs is 1. The third-order valence-electron chi connectivity index (χ3n) is 5.32. The second-order valence-corrected chi connectivity index (χ2v) is 10.9. The van der Waals surface area contributed by atoms with Crippen LogP contribution in [0.25, 0.3) is 0 Å². The number of carbonyl (C=O) groups is 1. The van der Waals surface area contributed by atoms with Crippen LogP contribution in [0.4, 0.5) is 10.5 Å². The Kier molecular flexibility index (Phi) is 6.08. The third-order valence-corrected chi connectivity index (χ3v) is 6.96. The first-order valence-electron chi connectivity index (χ1n) is 10.5. The molecule has 0 saturated carbocycles. The molecular formula is C22H26ClN3O5S.